The van der Waals surface area contributed by atoms with E-state index in [2.05, 4.69) is 16.0 Å². The quantitative estimate of drug-likeness (QED) is 0.303. The van der Waals surface area contributed by atoms with Gasteiger partial charge in [-0.05, 0) is 44.7 Å². The zero-order valence-corrected chi connectivity index (χ0v) is 24.5. The zero-order valence-electron chi connectivity index (χ0n) is 23.7. The van der Waals surface area contributed by atoms with Gasteiger partial charge in [-0.2, -0.15) is 0 Å². The van der Waals surface area contributed by atoms with Gasteiger partial charge in [0.2, 0.25) is 5.91 Å². The molecule has 0 aromatic heterocycles. The molecule has 8 nitrogen and oxygen atoms in total. The molecular formula is C29H46ClFN4O4. The Balaban J connectivity index is 1.83. The van der Waals surface area contributed by atoms with Crippen molar-refractivity contribution in [2.75, 3.05) is 47.0 Å². The molecule has 2 fully saturated rings. The number of methoxy groups -OCH3 is 1. The van der Waals surface area contributed by atoms with Gasteiger partial charge < -0.3 is 30.3 Å². The number of halogens is 2. The Morgan fingerprint density at radius 2 is 2.03 bits per heavy atom. The maximum absolute atomic E-state index is 15.5. The topological polar surface area (TPSA) is 91.9 Å². The number of urea groups is 1. The number of carbonyl (C=O) groups is 2. The first-order valence-electron chi connectivity index (χ1n) is 14.3. The molecule has 1 saturated carbocycles. The van der Waals surface area contributed by atoms with E-state index in [0.29, 0.717) is 38.5 Å². The third-order valence-electron chi connectivity index (χ3n) is 8.02. The molecule has 1 aromatic carbocycles. The fraction of sp³-hybridized carbons (Fsp3) is 0.724. The molecule has 3 atom stereocenters. The Morgan fingerprint density at radius 3 is 2.72 bits per heavy atom. The largest absolute Gasteiger partial charge is 0.385 e. The van der Waals surface area contributed by atoms with Gasteiger partial charge in [-0.1, -0.05) is 55.8 Å². The van der Waals surface area contributed by atoms with Gasteiger partial charge in [-0.3, -0.25) is 4.79 Å². The lowest BCUT2D eigenvalue weighted by Crippen LogP contribution is -2.62. The maximum Gasteiger partial charge on any atom is 0.317 e. The van der Waals surface area contributed by atoms with Gasteiger partial charge >= 0.3 is 6.03 Å². The highest BCUT2D eigenvalue weighted by Gasteiger charge is 2.46. The van der Waals surface area contributed by atoms with E-state index in [4.69, 9.17) is 21.1 Å². The number of nitrogens with one attached hydrogen (secondary N) is 3. The fourth-order valence-corrected chi connectivity index (χ4v) is 6.33. The summed E-state index contributed by atoms with van der Waals surface area (Å²) in [6.45, 7) is 3.54. The maximum atomic E-state index is 15.5. The van der Waals surface area contributed by atoms with Crippen molar-refractivity contribution in [1.29, 1.82) is 0 Å². The van der Waals surface area contributed by atoms with Crippen molar-refractivity contribution in [3.8, 4) is 0 Å². The smallest absolute Gasteiger partial charge is 0.317 e. The molecule has 0 bridgehead atoms. The van der Waals surface area contributed by atoms with E-state index in [0.717, 1.165) is 12.8 Å². The summed E-state index contributed by atoms with van der Waals surface area (Å²) >= 11 is 6.20. The van der Waals surface area contributed by atoms with Crippen LogP contribution in [0.4, 0.5) is 9.18 Å². The first-order chi connectivity index (χ1) is 18.8. The lowest BCUT2D eigenvalue weighted by Gasteiger charge is -2.46. The van der Waals surface area contributed by atoms with E-state index in [1.165, 1.54) is 45.1 Å². The fourth-order valence-electron chi connectivity index (χ4n) is 6.15. The molecule has 3 N–H and O–H groups in total. The van der Waals surface area contributed by atoms with Crippen LogP contribution >= 0.6 is 11.6 Å². The molecule has 1 unspecified atom stereocenters. The molecule has 3 rings (SSSR count). The van der Waals surface area contributed by atoms with Crippen LogP contribution < -0.4 is 16.0 Å². The molecule has 39 heavy (non-hydrogen) atoms. The predicted molar refractivity (Wildman–Crippen MR) is 151 cm³/mol. The highest BCUT2D eigenvalue weighted by Crippen LogP contribution is 2.38. The Labute approximate surface area is 237 Å². The van der Waals surface area contributed by atoms with Crippen molar-refractivity contribution in [1.82, 2.24) is 20.9 Å². The predicted octanol–water partition coefficient (Wildman–Crippen LogP) is 4.60. The molecule has 0 spiro atoms. The van der Waals surface area contributed by atoms with Crippen LogP contribution in [-0.2, 0) is 19.8 Å². The van der Waals surface area contributed by atoms with Crippen LogP contribution in [0.15, 0.2) is 18.2 Å². The third kappa shape index (κ3) is 8.77. The van der Waals surface area contributed by atoms with Gasteiger partial charge in [0.25, 0.3) is 0 Å². The summed E-state index contributed by atoms with van der Waals surface area (Å²) in [4.78, 5) is 27.8. The van der Waals surface area contributed by atoms with Crippen LogP contribution in [0, 0.1) is 11.7 Å². The first kappa shape index (κ1) is 31.6. The van der Waals surface area contributed by atoms with Crippen molar-refractivity contribution in [3.05, 3.63) is 34.6 Å². The summed E-state index contributed by atoms with van der Waals surface area (Å²) in [6.07, 6.45) is 8.29. The summed E-state index contributed by atoms with van der Waals surface area (Å²) in [6, 6.07) is 4.66. The number of nitrogens with zero attached hydrogens (tertiary/aromatic N) is 1. The van der Waals surface area contributed by atoms with Gasteiger partial charge in [0.15, 0.2) is 0 Å². The zero-order chi connectivity index (χ0) is 28.3. The number of rotatable bonds is 13. The normalized spacial score (nSPS) is 20.7. The van der Waals surface area contributed by atoms with Crippen molar-refractivity contribution in [2.45, 2.75) is 82.4 Å². The second kappa shape index (κ2) is 15.7. The number of hydrogen-bond donors (Lipinski definition) is 3. The molecule has 10 heteroatoms. The minimum atomic E-state index is -1.21. The Hall–Kier alpha value is -1.94. The van der Waals surface area contributed by atoms with Crippen LogP contribution in [0.5, 0.6) is 0 Å². The Kier molecular flexibility index (Phi) is 12.8. The van der Waals surface area contributed by atoms with E-state index < -0.39 is 17.5 Å². The van der Waals surface area contributed by atoms with Gasteiger partial charge in [-0.15, -0.1) is 0 Å². The van der Waals surface area contributed by atoms with Crippen LogP contribution in [0.3, 0.4) is 0 Å². The molecule has 3 amide bonds. The average molecular weight is 569 g/mol. The van der Waals surface area contributed by atoms with E-state index in [1.807, 2.05) is 7.05 Å². The minimum Gasteiger partial charge on any atom is -0.385 e. The number of amides is 3. The number of benzene rings is 1. The van der Waals surface area contributed by atoms with Crippen LogP contribution in [0.2, 0.25) is 5.02 Å². The van der Waals surface area contributed by atoms with Gasteiger partial charge in [0, 0.05) is 45.3 Å². The van der Waals surface area contributed by atoms with Crippen LogP contribution in [0.1, 0.15) is 70.3 Å². The highest BCUT2D eigenvalue weighted by molar-refractivity contribution is 6.30. The monoisotopic (exact) mass is 568 g/mol. The molecule has 1 heterocycles. The summed E-state index contributed by atoms with van der Waals surface area (Å²) < 4.78 is 27.0. The summed E-state index contributed by atoms with van der Waals surface area (Å²) in [7, 11) is 3.53. The molecule has 1 saturated heterocycles. The average Bonchev–Trinajstić information content (AvgIpc) is 2.92. The standard InChI is InChI=1S/C29H46ClFN4O4/c1-21(36)34-29(14-7-8-16-38-3,24-12-9-13-25(30)27(24)31)26-20-35(15-17-39-26)28(37)33-23(19-32-2)18-22-10-5-4-6-11-22/h9,12-13,22-23,26,32H,4-8,10-11,14-20H2,1-3H3,(H,33,37)(H,34,36)/t23-,26?,29-/m0/s1. The Bertz CT molecular complexity index is 933. The molecule has 1 aromatic rings. The van der Waals surface area contributed by atoms with Crippen LogP contribution in [0.25, 0.3) is 0 Å². The Morgan fingerprint density at radius 1 is 1.26 bits per heavy atom. The SMILES string of the molecule is CNC[C@H](CC1CCCCC1)NC(=O)N1CCOC([C@@](CCCCOC)(NC(C)=O)c2cccc(Cl)c2F)C1. The van der Waals surface area contributed by atoms with E-state index in [1.54, 1.807) is 24.1 Å². The molecular weight excluding hydrogens is 523 g/mol. The van der Waals surface area contributed by atoms with Gasteiger partial charge in [0.05, 0.1) is 23.7 Å². The second-order valence-corrected chi connectivity index (χ2v) is 11.4. The number of unbranched alkanes of at least 4 members (excludes halogenated alkanes) is 1. The minimum absolute atomic E-state index is 0.0198. The lowest BCUT2D eigenvalue weighted by molar-refractivity contribution is -0.127. The van der Waals surface area contributed by atoms with Gasteiger partial charge in [0.1, 0.15) is 11.9 Å². The number of likely N-dealkylation sites (N-methyl/N-ethyl adjacent to an activating group) is 1. The summed E-state index contributed by atoms with van der Waals surface area (Å²) in [5.74, 6) is -0.278. The molecule has 0 radical (unpaired) electrons. The molecule has 1 aliphatic heterocycles. The van der Waals surface area contributed by atoms with Crippen molar-refractivity contribution < 1.29 is 23.5 Å². The second-order valence-electron chi connectivity index (χ2n) is 11.0. The third-order valence-corrected chi connectivity index (χ3v) is 8.32. The summed E-state index contributed by atoms with van der Waals surface area (Å²) in [5.41, 5.74) is -0.944. The summed E-state index contributed by atoms with van der Waals surface area (Å²) in [5, 5.41) is 9.46. The number of ether oxygens (including phenoxy) is 2. The lowest BCUT2D eigenvalue weighted by atomic mass is 9.78. The van der Waals surface area contributed by atoms with Crippen LogP contribution in [-0.4, -0.2) is 76.0 Å². The van der Waals surface area contributed by atoms with Gasteiger partial charge in [-0.25, -0.2) is 9.18 Å². The number of morpholine rings is 1. The molecule has 2 aliphatic rings. The van der Waals surface area contributed by atoms with E-state index >= 15 is 4.39 Å². The van der Waals surface area contributed by atoms with Crippen molar-refractivity contribution in [2.24, 2.45) is 5.92 Å². The van der Waals surface area contributed by atoms with Crippen molar-refractivity contribution >= 4 is 23.5 Å². The first-order valence-corrected chi connectivity index (χ1v) is 14.7. The van der Waals surface area contributed by atoms with Crippen molar-refractivity contribution in [3.63, 3.8) is 0 Å². The number of carbonyl (C=O) groups excluding carboxylic acids is 2. The number of hydrogen-bond acceptors (Lipinski definition) is 5. The van der Waals surface area contributed by atoms with E-state index in [9.17, 15) is 9.59 Å². The van der Waals surface area contributed by atoms with E-state index in [-0.39, 0.29) is 41.7 Å². The molecule has 220 valence electrons. The molecule has 1 aliphatic carbocycles. The highest BCUT2D eigenvalue weighted by atomic mass is 35.5.